The first-order chi connectivity index (χ1) is 7.18. The van der Waals surface area contributed by atoms with Crippen LogP contribution in [-0.2, 0) is 4.74 Å². The molecule has 0 aliphatic carbocycles. The highest BCUT2D eigenvalue weighted by Crippen LogP contribution is 2.31. The summed E-state index contributed by atoms with van der Waals surface area (Å²) in [5.74, 6) is 0. The van der Waals surface area contributed by atoms with Crippen LogP contribution in [0.5, 0.6) is 0 Å². The summed E-state index contributed by atoms with van der Waals surface area (Å²) in [6, 6.07) is 7.87. The van der Waals surface area contributed by atoms with E-state index in [0.717, 1.165) is 11.3 Å². The minimum Gasteiger partial charge on any atom is -0.439 e. The molecule has 1 heterocycles. The standard InChI is InChI=1S/C11H14N2O2/c1-13(2)11(14)15-10-7-12-9-6-4-3-5-8(9)10/h3-6,10,12H,7H2,1-2H3. The number of nitrogens with one attached hydrogen (secondary N) is 1. The molecule has 4 nitrogen and oxygen atoms in total. The summed E-state index contributed by atoms with van der Waals surface area (Å²) in [5, 5.41) is 3.20. The second kappa shape index (κ2) is 3.81. The molecule has 1 aliphatic heterocycles. The number of carbonyl (C=O) groups is 1. The Morgan fingerprint density at radius 1 is 1.47 bits per heavy atom. The third kappa shape index (κ3) is 1.88. The molecule has 0 saturated carbocycles. The smallest absolute Gasteiger partial charge is 0.409 e. The number of fused-ring (bicyclic) bond motifs is 1. The van der Waals surface area contributed by atoms with Crippen molar-refractivity contribution in [3.05, 3.63) is 29.8 Å². The van der Waals surface area contributed by atoms with Crippen LogP contribution in [-0.4, -0.2) is 31.6 Å². The number of rotatable bonds is 1. The minimum absolute atomic E-state index is 0.170. The largest absolute Gasteiger partial charge is 0.439 e. The Kier molecular flexibility index (Phi) is 2.49. The topological polar surface area (TPSA) is 41.6 Å². The molecule has 1 unspecified atom stereocenters. The zero-order valence-electron chi connectivity index (χ0n) is 8.86. The number of carbonyl (C=O) groups excluding carboxylic acids is 1. The van der Waals surface area contributed by atoms with Crippen LogP contribution in [0.15, 0.2) is 24.3 Å². The minimum atomic E-state index is -0.307. The van der Waals surface area contributed by atoms with Crippen LogP contribution in [0.1, 0.15) is 11.7 Å². The molecule has 2 rings (SSSR count). The Morgan fingerprint density at radius 3 is 2.93 bits per heavy atom. The Labute approximate surface area is 88.8 Å². The molecule has 4 heteroatoms. The van der Waals surface area contributed by atoms with Crippen molar-refractivity contribution in [2.24, 2.45) is 0 Å². The van der Waals surface area contributed by atoms with Gasteiger partial charge < -0.3 is 15.0 Å². The van der Waals surface area contributed by atoms with Gasteiger partial charge in [0.25, 0.3) is 0 Å². The monoisotopic (exact) mass is 206 g/mol. The van der Waals surface area contributed by atoms with Crippen molar-refractivity contribution in [1.82, 2.24) is 4.90 Å². The number of para-hydroxylation sites is 1. The molecular weight excluding hydrogens is 192 g/mol. The van der Waals surface area contributed by atoms with Gasteiger partial charge in [-0.1, -0.05) is 18.2 Å². The third-order valence-electron chi connectivity index (χ3n) is 2.39. The first-order valence-corrected chi connectivity index (χ1v) is 4.89. The van der Waals surface area contributed by atoms with Gasteiger partial charge in [-0.2, -0.15) is 0 Å². The van der Waals surface area contributed by atoms with Crippen LogP contribution in [0.4, 0.5) is 10.5 Å². The van der Waals surface area contributed by atoms with Crippen LogP contribution in [0, 0.1) is 0 Å². The fraction of sp³-hybridized carbons (Fsp3) is 0.364. The Hall–Kier alpha value is -1.71. The van der Waals surface area contributed by atoms with Crippen LogP contribution in [0.25, 0.3) is 0 Å². The summed E-state index contributed by atoms with van der Waals surface area (Å²) in [5.41, 5.74) is 2.10. The highest BCUT2D eigenvalue weighted by Gasteiger charge is 2.25. The van der Waals surface area contributed by atoms with Gasteiger partial charge in [-0.15, -0.1) is 0 Å². The zero-order valence-corrected chi connectivity index (χ0v) is 8.86. The quantitative estimate of drug-likeness (QED) is 0.762. The number of hydrogen-bond acceptors (Lipinski definition) is 3. The van der Waals surface area contributed by atoms with Crippen molar-refractivity contribution in [2.75, 3.05) is 26.0 Å². The third-order valence-corrected chi connectivity index (χ3v) is 2.39. The van der Waals surface area contributed by atoms with Crippen LogP contribution >= 0.6 is 0 Å². The predicted molar refractivity (Wildman–Crippen MR) is 57.8 cm³/mol. The van der Waals surface area contributed by atoms with E-state index in [1.165, 1.54) is 4.90 Å². The summed E-state index contributed by atoms with van der Waals surface area (Å²) in [6.07, 6.45) is -0.477. The Morgan fingerprint density at radius 2 is 2.20 bits per heavy atom. The summed E-state index contributed by atoms with van der Waals surface area (Å²) in [7, 11) is 3.35. The number of anilines is 1. The average Bonchev–Trinajstić information content (AvgIpc) is 2.62. The molecule has 1 aliphatic rings. The lowest BCUT2D eigenvalue weighted by Gasteiger charge is -2.16. The summed E-state index contributed by atoms with van der Waals surface area (Å²) >= 11 is 0. The Bertz CT molecular complexity index is 377. The molecule has 15 heavy (non-hydrogen) atoms. The van der Waals surface area contributed by atoms with E-state index in [2.05, 4.69) is 5.32 Å². The predicted octanol–water partition coefficient (Wildman–Crippen LogP) is 1.85. The molecule has 0 spiro atoms. The van der Waals surface area contributed by atoms with E-state index in [4.69, 9.17) is 4.74 Å². The van der Waals surface area contributed by atoms with E-state index in [0.29, 0.717) is 6.54 Å². The van der Waals surface area contributed by atoms with Crippen molar-refractivity contribution >= 4 is 11.8 Å². The van der Waals surface area contributed by atoms with E-state index in [9.17, 15) is 4.79 Å². The van der Waals surface area contributed by atoms with Crippen LogP contribution in [0.2, 0.25) is 0 Å². The molecule has 0 bridgehead atoms. The van der Waals surface area contributed by atoms with E-state index >= 15 is 0 Å². The van der Waals surface area contributed by atoms with E-state index < -0.39 is 0 Å². The summed E-state index contributed by atoms with van der Waals surface area (Å²) in [4.78, 5) is 12.8. The van der Waals surface area contributed by atoms with Gasteiger partial charge in [0, 0.05) is 25.3 Å². The molecule has 80 valence electrons. The molecule has 1 aromatic rings. The summed E-state index contributed by atoms with van der Waals surface area (Å²) < 4.78 is 5.32. The first kappa shape index (κ1) is 9.83. The summed E-state index contributed by atoms with van der Waals surface area (Å²) in [6.45, 7) is 0.652. The van der Waals surface area contributed by atoms with Crippen molar-refractivity contribution < 1.29 is 9.53 Å². The van der Waals surface area contributed by atoms with E-state index in [1.807, 2.05) is 24.3 Å². The van der Waals surface area contributed by atoms with Crippen LogP contribution in [0.3, 0.4) is 0 Å². The van der Waals surface area contributed by atoms with E-state index in [1.54, 1.807) is 14.1 Å². The second-order valence-corrected chi connectivity index (χ2v) is 3.73. The van der Waals surface area contributed by atoms with Gasteiger partial charge in [0.05, 0.1) is 6.54 Å². The molecule has 0 fully saturated rings. The SMILES string of the molecule is CN(C)C(=O)OC1CNc2ccccc21. The molecule has 0 radical (unpaired) electrons. The molecule has 1 atom stereocenters. The maximum atomic E-state index is 11.4. The van der Waals surface area contributed by atoms with Gasteiger partial charge in [0.1, 0.15) is 6.10 Å². The number of amides is 1. The highest BCUT2D eigenvalue weighted by atomic mass is 16.6. The molecule has 1 aromatic carbocycles. The lowest BCUT2D eigenvalue weighted by Crippen LogP contribution is -2.25. The van der Waals surface area contributed by atoms with Gasteiger partial charge in [0.2, 0.25) is 0 Å². The average molecular weight is 206 g/mol. The number of ether oxygens (including phenoxy) is 1. The molecular formula is C11H14N2O2. The molecule has 1 amide bonds. The first-order valence-electron chi connectivity index (χ1n) is 4.89. The normalized spacial score (nSPS) is 17.9. The fourth-order valence-electron chi connectivity index (χ4n) is 1.58. The van der Waals surface area contributed by atoms with Crippen molar-refractivity contribution in [3.8, 4) is 0 Å². The van der Waals surface area contributed by atoms with Gasteiger partial charge >= 0.3 is 6.09 Å². The molecule has 1 N–H and O–H groups in total. The van der Waals surface area contributed by atoms with Gasteiger partial charge in [-0.25, -0.2) is 4.79 Å². The van der Waals surface area contributed by atoms with E-state index in [-0.39, 0.29) is 12.2 Å². The van der Waals surface area contributed by atoms with Crippen molar-refractivity contribution in [3.63, 3.8) is 0 Å². The Balaban J connectivity index is 2.11. The number of nitrogens with zero attached hydrogens (tertiary/aromatic N) is 1. The molecule has 0 saturated heterocycles. The fourth-order valence-corrected chi connectivity index (χ4v) is 1.58. The highest BCUT2D eigenvalue weighted by molar-refractivity contribution is 5.68. The number of benzene rings is 1. The zero-order chi connectivity index (χ0) is 10.8. The lowest BCUT2D eigenvalue weighted by atomic mass is 10.1. The van der Waals surface area contributed by atoms with Gasteiger partial charge in [-0.05, 0) is 6.07 Å². The second-order valence-electron chi connectivity index (χ2n) is 3.73. The number of hydrogen-bond donors (Lipinski definition) is 1. The maximum absolute atomic E-state index is 11.4. The van der Waals surface area contributed by atoms with Crippen LogP contribution < -0.4 is 5.32 Å². The van der Waals surface area contributed by atoms with Crippen molar-refractivity contribution in [1.29, 1.82) is 0 Å². The van der Waals surface area contributed by atoms with Crippen molar-refractivity contribution in [2.45, 2.75) is 6.10 Å². The molecule has 0 aromatic heterocycles. The van der Waals surface area contributed by atoms with Gasteiger partial charge in [0.15, 0.2) is 0 Å². The maximum Gasteiger partial charge on any atom is 0.409 e. The lowest BCUT2D eigenvalue weighted by molar-refractivity contribution is 0.0829. The van der Waals surface area contributed by atoms with Gasteiger partial charge in [-0.3, -0.25) is 0 Å².